The number of rotatable bonds is 8. The van der Waals surface area contributed by atoms with Gasteiger partial charge in [-0.25, -0.2) is 0 Å². The highest BCUT2D eigenvalue weighted by molar-refractivity contribution is 5.78. The molecule has 1 amide bonds. The Morgan fingerprint density at radius 3 is 2.50 bits per heavy atom. The fourth-order valence-electron chi connectivity index (χ4n) is 1.66. The largest absolute Gasteiger partial charge is 0.493 e. The number of carbonyl (C=O) groups is 2. The number of carboxylic acids is 1. The molecule has 0 saturated heterocycles. The molecule has 20 heavy (non-hydrogen) atoms. The van der Waals surface area contributed by atoms with E-state index in [0.29, 0.717) is 17.9 Å². The van der Waals surface area contributed by atoms with Crippen molar-refractivity contribution in [1.29, 1.82) is 0 Å². The predicted octanol–water partition coefficient (Wildman–Crippen LogP) is 1.44. The van der Waals surface area contributed by atoms with E-state index in [2.05, 4.69) is 5.32 Å². The third kappa shape index (κ3) is 5.17. The molecule has 1 aromatic carbocycles. The second-order valence-corrected chi connectivity index (χ2v) is 4.21. The minimum Gasteiger partial charge on any atom is -0.493 e. The zero-order valence-electron chi connectivity index (χ0n) is 11.6. The quantitative estimate of drug-likeness (QED) is 0.753. The first-order valence-corrected chi connectivity index (χ1v) is 6.33. The van der Waals surface area contributed by atoms with Gasteiger partial charge in [-0.05, 0) is 18.6 Å². The lowest BCUT2D eigenvalue weighted by atomic mass is 10.1. The first-order valence-electron chi connectivity index (χ1n) is 6.33. The number of carbonyl (C=O) groups excluding carboxylic acids is 1. The highest BCUT2D eigenvalue weighted by Crippen LogP contribution is 2.25. The summed E-state index contributed by atoms with van der Waals surface area (Å²) in [4.78, 5) is 22.3. The number of amides is 1. The van der Waals surface area contributed by atoms with Gasteiger partial charge in [0.1, 0.15) is 0 Å². The average Bonchev–Trinajstić information content (AvgIpc) is 2.44. The van der Waals surface area contributed by atoms with Crippen molar-refractivity contribution in [1.82, 2.24) is 5.32 Å². The van der Waals surface area contributed by atoms with Crippen LogP contribution in [0.1, 0.15) is 19.8 Å². The van der Waals surface area contributed by atoms with Crippen LogP contribution in [0.5, 0.6) is 11.5 Å². The van der Waals surface area contributed by atoms with E-state index < -0.39 is 5.97 Å². The molecule has 0 heterocycles. The Morgan fingerprint density at radius 1 is 1.30 bits per heavy atom. The van der Waals surface area contributed by atoms with Gasteiger partial charge in [-0.1, -0.05) is 19.1 Å². The summed E-state index contributed by atoms with van der Waals surface area (Å²) in [5, 5.41) is 11.3. The van der Waals surface area contributed by atoms with E-state index in [1.165, 1.54) is 7.11 Å². The molecule has 0 spiro atoms. The average molecular weight is 281 g/mol. The number of methoxy groups -OCH3 is 1. The molecule has 0 saturated carbocycles. The number of hydrogen-bond donors (Lipinski definition) is 2. The van der Waals surface area contributed by atoms with Crippen LogP contribution in [0, 0.1) is 0 Å². The van der Waals surface area contributed by atoms with E-state index in [1.807, 2.05) is 6.92 Å². The van der Waals surface area contributed by atoms with Crippen LogP contribution in [0.3, 0.4) is 0 Å². The van der Waals surface area contributed by atoms with Gasteiger partial charge in [0.15, 0.2) is 18.1 Å². The Hall–Kier alpha value is -2.24. The summed E-state index contributed by atoms with van der Waals surface area (Å²) in [7, 11) is 1.52. The minimum absolute atomic E-state index is 0.100. The maximum Gasteiger partial charge on any atom is 0.305 e. The first kappa shape index (κ1) is 15.8. The van der Waals surface area contributed by atoms with Gasteiger partial charge >= 0.3 is 5.97 Å². The molecule has 1 aromatic rings. The van der Waals surface area contributed by atoms with Gasteiger partial charge in [0.05, 0.1) is 13.5 Å². The number of carboxylic acid groups (broad SMARTS) is 1. The van der Waals surface area contributed by atoms with Crippen molar-refractivity contribution < 1.29 is 24.2 Å². The Labute approximate surface area is 117 Å². The number of aliphatic carboxylic acids is 1. The SMILES string of the molecule is CCC(CC(=O)O)NC(=O)COc1ccccc1OC. The molecule has 110 valence electrons. The van der Waals surface area contributed by atoms with Gasteiger partial charge in [-0.3, -0.25) is 9.59 Å². The van der Waals surface area contributed by atoms with Crippen LogP contribution in [0.15, 0.2) is 24.3 Å². The van der Waals surface area contributed by atoms with Crippen molar-refractivity contribution in [3.63, 3.8) is 0 Å². The molecular weight excluding hydrogens is 262 g/mol. The van der Waals surface area contributed by atoms with E-state index >= 15 is 0 Å². The summed E-state index contributed by atoms with van der Waals surface area (Å²) >= 11 is 0. The summed E-state index contributed by atoms with van der Waals surface area (Å²) in [6.07, 6.45) is 0.448. The van der Waals surface area contributed by atoms with Crippen LogP contribution >= 0.6 is 0 Å². The molecule has 1 atom stereocenters. The molecule has 0 aliphatic rings. The lowest BCUT2D eigenvalue weighted by Crippen LogP contribution is -2.38. The Balaban J connectivity index is 2.48. The molecular formula is C14H19NO5. The summed E-state index contributed by atoms with van der Waals surface area (Å²) < 4.78 is 10.5. The van der Waals surface area contributed by atoms with Crippen molar-refractivity contribution in [2.75, 3.05) is 13.7 Å². The second-order valence-electron chi connectivity index (χ2n) is 4.21. The highest BCUT2D eigenvalue weighted by Gasteiger charge is 2.14. The molecule has 0 aromatic heterocycles. The zero-order valence-corrected chi connectivity index (χ0v) is 11.6. The van der Waals surface area contributed by atoms with Crippen LogP contribution in [-0.4, -0.2) is 36.7 Å². The van der Waals surface area contributed by atoms with Crippen molar-refractivity contribution in [2.45, 2.75) is 25.8 Å². The van der Waals surface area contributed by atoms with E-state index in [9.17, 15) is 9.59 Å². The highest BCUT2D eigenvalue weighted by atomic mass is 16.5. The molecule has 6 nitrogen and oxygen atoms in total. The van der Waals surface area contributed by atoms with Crippen LogP contribution in [0.25, 0.3) is 0 Å². The van der Waals surface area contributed by atoms with E-state index in [0.717, 1.165) is 0 Å². The normalized spacial score (nSPS) is 11.5. The number of benzene rings is 1. The van der Waals surface area contributed by atoms with E-state index in [4.69, 9.17) is 14.6 Å². The molecule has 0 aliphatic carbocycles. The monoisotopic (exact) mass is 281 g/mol. The topological polar surface area (TPSA) is 84.9 Å². The molecule has 0 radical (unpaired) electrons. The second kappa shape index (κ2) is 8.04. The zero-order chi connectivity index (χ0) is 15.0. The fourth-order valence-corrected chi connectivity index (χ4v) is 1.66. The van der Waals surface area contributed by atoms with Crippen molar-refractivity contribution in [2.24, 2.45) is 0 Å². The standard InChI is InChI=1S/C14H19NO5/c1-3-10(8-14(17)18)15-13(16)9-20-12-7-5-4-6-11(12)19-2/h4-7,10H,3,8-9H2,1-2H3,(H,15,16)(H,17,18). The van der Waals surface area contributed by atoms with Gasteiger partial charge in [-0.15, -0.1) is 0 Å². The molecule has 2 N–H and O–H groups in total. The third-order valence-corrected chi connectivity index (χ3v) is 2.71. The lowest BCUT2D eigenvalue weighted by Gasteiger charge is -2.15. The van der Waals surface area contributed by atoms with Crippen LogP contribution in [0.4, 0.5) is 0 Å². The molecule has 1 rings (SSSR count). The van der Waals surface area contributed by atoms with Gasteiger partial charge in [0.2, 0.25) is 0 Å². The van der Waals surface area contributed by atoms with Crippen molar-refractivity contribution in [3.8, 4) is 11.5 Å². The molecule has 0 fully saturated rings. The molecule has 1 unspecified atom stereocenters. The number of ether oxygens (including phenoxy) is 2. The summed E-state index contributed by atoms with van der Waals surface area (Å²) in [6, 6.07) is 6.61. The van der Waals surface area contributed by atoms with Crippen LogP contribution in [-0.2, 0) is 9.59 Å². The smallest absolute Gasteiger partial charge is 0.305 e. The van der Waals surface area contributed by atoms with Crippen molar-refractivity contribution >= 4 is 11.9 Å². The van der Waals surface area contributed by atoms with Crippen molar-refractivity contribution in [3.05, 3.63) is 24.3 Å². The van der Waals surface area contributed by atoms with E-state index in [-0.39, 0.29) is 25.0 Å². The summed E-state index contributed by atoms with van der Waals surface area (Å²) in [5.41, 5.74) is 0. The summed E-state index contributed by atoms with van der Waals surface area (Å²) in [6.45, 7) is 1.63. The number of hydrogen-bond acceptors (Lipinski definition) is 4. The van der Waals surface area contributed by atoms with Crippen LogP contribution < -0.4 is 14.8 Å². The van der Waals surface area contributed by atoms with Gasteiger partial charge < -0.3 is 19.9 Å². The Morgan fingerprint density at radius 2 is 1.95 bits per heavy atom. The van der Waals surface area contributed by atoms with Gasteiger partial charge in [-0.2, -0.15) is 0 Å². The first-order chi connectivity index (χ1) is 9.56. The lowest BCUT2D eigenvalue weighted by molar-refractivity contribution is -0.137. The van der Waals surface area contributed by atoms with Gasteiger partial charge in [0, 0.05) is 6.04 Å². The Bertz CT molecular complexity index is 461. The maximum atomic E-state index is 11.7. The Kier molecular flexibility index (Phi) is 6.36. The summed E-state index contributed by atoms with van der Waals surface area (Å²) in [5.74, 6) is -0.291. The maximum absolute atomic E-state index is 11.7. The predicted molar refractivity (Wildman–Crippen MR) is 73.0 cm³/mol. The fraction of sp³-hybridized carbons (Fsp3) is 0.429. The number of para-hydroxylation sites is 2. The van der Waals surface area contributed by atoms with E-state index in [1.54, 1.807) is 24.3 Å². The third-order valence-electron chi connectivity index (χ3n) is 2.71. The minimum atomic E-state index is -0.942. The molecule has 6 heteroatoms. The van der Waals surface area contributed by atoms with Gasteiger partial charge in [0.25, 0.3) is 5.91 Å². The molecule has 0 bridgehead atoms. The molecule has 0 aliphatic heterocycles. The number of nitrogens with one attached hydrogen (secondary N) is 1. The van der Waals surface area contributed by atoms with Crippen LogP contribution in [0.2, 0.25) is 0 Å².